The summed E-state index contributed by atoms with van der Waals surface area (Å²) in [6, 6.07) is 8.21. The average molecular weight is 378 g/mol. The van der Waals surface area contributed by atoms with Crippen molar-refractivity contribution in [1.82, 2.24) is 4.90 Å². The molecular weight excluding hydrogens is 357 g/mol. The number of nitrogens with zero attached hydrogens (tertiary/aromatic N) is 2. The molecule has 128 valence electrons. The quantitative estimate of drug-likeness (QED) is 0.844. The van der Waals surface area contributed by atoms with E-state index in [1.165, 1.54) is 5.56 Å². The highest BCUT2D eigenvalue weighted by atomic mass is 35.5. The lowest BCUT2D eigenvalue weighted by atomic mass is 10.1. The van der Waals surface area contributed by atoms with E-state index in [1.807, 2.05) is 12.1 Å². The first kappa shape index (κ1) is 20.1. The van der Waals surface area contributed by atoms with Crippen molar-refractivity contribution in [1.29, 1.82) is 0 Å². The molecule has 1 saturated heterocycles. The van der Waals surface area contributed by atoms with Gasteiger partial charge in [-0.1, -0.05) is 30.0 Å². The Morgan fingerprint density at radius 2 is 2.17 bits per heavy atom. The van der Waals surface area contributed by atoms with Gasteiger partial charge in [0.1, 0.15) is 0 Å². The fourth-order valence-electron chi connectivity index (χ4n) is 2.68. The summed E-state index contributed by atoms with van der Waals surface area (Å²) in [5.74, 6) is 0.0764. The van der Waals surface area contributed by atoms with Crippen molar-refractivity contribution in [2.75, 3.05) is 30.7 Å². The Bertz CT molecular complexity index is 571. The zero-order chi connectivity index (χ0) is 14.7. The van der Waals surface area contributed by atoms with Crippen LogP contribution in [0.5, 0.6) is 0 Å². The second-order valence-corrected chi connectivity index (χ2v) is 6.46. The van der Waals surface area contributed by atoms with E-state index in [2.05, 4.69) is 27.3 Å². The summed E-state index contributed by atoms with van der Waals surface area (Å²) in [5, 5.41) is 13.3. The number of aliphatic carboxylic acids is 1. The summed E-state index contributed by atoms with van der Waals surface area (Å²) >= 11 is 1.71. The molecule has 5 nitrogen and oxygen atoms in total. The number of carboxylic acid groups (broad SMARTS) is 1. The van der Waals surface area contributed by atoms with Crippen LogP contribution in [0.25, 0.3) is 0 Å². The molecule has 0 saturated carbocycles. The SMILES string of the molecule is Cl.Cl.O=C(O)C1CCN(CCSC2=NCc3ccccc3N2)C1. The number of hydrogen-bond acceptors (Lipinski definition) is 5. The van der Waals surface area contributed by atoms with E-state index in [0.29, 0.717) is 6.54 Å². The van der Waals surface area contributed by atoms with Crippen molar-refractivity contribution in [3.63, 3.8) is 0 Å². The Labute approximate surface area is 152 Å². The van der Waals surface area contributed by atoms with Crippen molar-refractivity contribution < 1.29 is 9.90 Å². The highest BCUT2D eigenvalue weighted by Crippen LogP contribution is 2.23. The number of aliphatic imine (C=N–C) groups is 1. The van der Waals surface area contributed by atoms with Crippen LogP contribution in [0.4, 0.5) is 5.69 Å². The van der Waals surface area contributed by atoms with E-state index in [9.17, 15) is 4.79 Å². The Balaban J connectivity index is 0.00000132. The topological polar surface area (TPSA) is 64.9 Å². The third-order valence-corrected chi connectivity index (χ3v) is 4.81. The maximum atomic E-state index is 10.9. The molecule has 23 heavy (non-hydrogen) atoms. The first-order valence-electron chi connectivity index (χ1n) is 7.20. The average Bonchev–Trinajstić information content (AvgIpc) is 2.96. The van der Waals surface area contributed by atoms with E-state index in [0.717, 1.165) is 42.7 Å². The Hall–Kier alpha value is -0.950. The summed E-state index contributed by atoms with van der Waals surface area (Å²) in [7, 11) is 0. The monoisotopic (exact) mass is 377 g/mol. The van der Waals surface area contributed by atoms with Crippen LogP contribution >= 0.6 is 36.6 Å². The molecule has 2 N–H and O–H groups in total. The van der Waals surface area contributed by atoms with Crippen LogP contribution in [0, 0.1) is 5.92 Å². The van der Waals surface area contributed by atoms with Crippen LogP contribution in [0.15, 0.2) is 29.3 Å². The molecule has 2 heterocycles. The van der Waals surface area contributed by atoms with Crippen molar-refractivity contribution in [3.8, 4) is 0 Å². The second kappa shape index (κ2) is 9.37. The van der Waals surface area contributed by atoms with Gasteiger partial charge in [0.05, 0.1) is 12.5 Å². The summed E-state index contributed by atoms with van der Waals surface area (Å²) in [5.41, 5.74) is 2.37. The molecule has 2 aliphatic heterocycles. The lowest BCUT2D eigenvalue weighted by Crippen LogP contribution is -2.26. The first-order valence-corrected chi connectivity index (χ1v) is 8.18. The zero-order valence-electron chi connectivity index (χ0n) is 12.6. The minimum Gasteiger partial charge on any atom is -0.481 e. The van der Waals surface area contributed by atoms with Crippen LogP contribution in [0.1, 0.15) is 12.0 Å². The van der Waals surface area contributed by atoms with Gasteiger partial charge >= 0.3 is 5.97 Å². The molecule has 2 aliphatic rings. The Morgan fingerprint density at radius 3 is 2.91 bits per heavy atom. The third-order valence-electron chi connectivity index (χ3n) is 3.92. The highest BCUT2D eigenvalue weighted by Gasteiger charge is 2.27. The molecule has 1 fully saturated rings. The normalized spacial score (nSPS) is 19.7. The van der Waals surface area contributed by atoms with Crippen LogP contribution in [-0.2, 0) is 11.3 Å². The first-order chi connectivity index (χ1) is 10.2. The molecule has 1 unspecified atom stereocenters. The second-order valence-electron chi connectivity index (χ2n) is 5.38. The van der Waals surface area contributed by atoms with Gasteiger partial charge in [0.2, 0.25) is 0 Å². The van der Waals surface area contributed by atoms with Gasteiger partial charge in [0.25, 0.3) is 0 Å². The maximum Gasteiger partial charge on any atom is 0.307 e. The number of nitrogens with one attached hydrogen (secondary N) is 1. The number of hydrogen-bond donors (Lipinski definition) is 2. The predicted molar refractivity (Wildman–Crippen MR) is 100 cm³/mol. The molecule has 0 radical (unpaired) electrons. The summed E-state index contributed by atoms with van der Waals surface area (Å²) in [4.78, 5) is 17.7. The van der Waals surface area contributed by atoms with Crippen molar-refractivity contribution >= 4 is 53.4 Å². The van der Waals surface area contributed by atoms with Crippen molar-refractivity contribution in [3.05, 3.63) is 29.8 Å². The minimum atomic E-state index is -0.667. The number of carboxylic acids is 1. The Kier molecular flexibility index (Phi) is 8.19. The number of fused-ring (bicyclic) bond motifs is 1. The van der Waals surface area contributed by atoms with Gasteiger partial charge in [0.15, 0.2) is 5.17 Å². The molecular formula is C15H21Cl2N3O2S. The van der Waals surface area contributed by atoms with Gasteiger partial charge in [-0.15, -0.1) is 24.8 Å². The van der Waals surface area contributed by atoms with Gasteiger partial charge in [0, 0.05) is 24.5 Å². The van der Waals surface area contributed by atoms with Crippen LogP contribution in [0.2, 0.25) is 0 Å². The number of thioether (sulfide) groups is 1. The number of para-hydroxylation sites is 1. The molecule has 3 rings (SSSR count). The highest BCUT2D eigenvalue weighted by molar-refractivity contribution is 8.14. The lowest BCUT2D eigenvalue weighted by Gasteiger charge is -2.19. The molecule has 0 amide bonds. The largest absolute Gasteiger partial charge is 0.481 e. The smallest absolute Gasteiger partial charge is 0.307 e. The van der Waals surface area contributed by atoms with Crippen molar-refractivity contribution in [2.24, 2.45) is 10.9 Å². The number of anilines is 1. The van der Waals surface area contributed by atoms with E-state index in [4.69, 9.17) is 5.11 Å². The fraction of sp³-hybridized carbons (Fsp3) is 0.467. The van der Waals surface area contributed by atoms with Gasteiger partial charge in [-0.2, -0.15) is 0 Å². The van der Waals surface area contributed by atoms with Gasteiger partial charge in [-0.3, -0.25) is 9.79 Å². The third kappa shape index (κ3) is 5.28. The van der Waals surface area contributed by atoms with Gasteiger partial charge in [-0.25, -0.2) is 0 Å². The lowest BCUT2D eigenvalue weighted by molar-refractivity contribution is -0.141. The number of rotatable bonds is 4. The summed E-state index contributed by atoms with van der Waals surface area (Å²) in [6.07, 6.45) is 0.770. The number of benzene rings is 1. The standard InChI is InChI=1S/C15H19N3O2S.2ClH/c19-14(20)12-5-6-18(10-12)7-8-21-15-16-9-11-3-1-2-4-13(11)17-15;;/h1-4,12H,5-10H2,(H,16,17)(H,19,20);2*1H. The molecule has 1 aromatic rings. The summed E-state index contributed by atoms with van der Waals surface area (Å²) in [6.45, 7) is 3.21. The van der Waals surface area contributed by atoms with E-state index in [-0.39, 0.29) is 30.7 Å². The van der Waals surface area contributed by atoms with Crippen LogP contribution in [-0.4, -0.2) is 46.5 Å². The molecule has 8 heteroatoms. The summed E-state index contributed by atoms with van der Waals surface area (Å²) < 4.78 is 0. The molecule has 1 aromatic carbocycles. The number of amidine groups is 1. The minimum absolute atomic E-state index is 0. The zero-order valence-corrected chi connectivity index (χ0v) is 15.1. The molecule has 0 aliphatic carbocycles. The fourth-order valence-corrected chi connectivity index (χ4v) is 3.56. The number of halogens is 2. The van der Waals surface area contributed by atoms with Crippen LogP contribution in [0.3, 0.4) is 0 Å². The number of likely N-dealkylation sites (tertiary alicyclic amines) is 1. The molecule has 0 aromatic heterocycles. The van der Waals surface area contributed by atoms with E-state index >= 15 is 0 Å². The Morgan fingerprint density at radius 1 is 1.39 bits per heavy atom. The number of carbonyl (C=O) groups is 1. The molecule has 0 spiro atoms. The van der Waals surface area contributed by atoms with Gasteiger partial charge < -0.3 is 15.3 Å². The van der Waals surface area contributed by atoms with Gasteiger partial charge in [-0.05, 0) is 24.6 Å². The van der Waals surface area contributed by atoms with Crippen molar-refractivity contribution in [2.45, 2.75) is 13.0 Å². The molecule has 1 atom stereocenters. The maximum absolute atomic E-state index is 10.9. The van der Waals surface area contributed by atoms with E-state index < -0.39 is 5.97 Å². The predicted octanol–water partition coefficient (Wildman–Crippen LogP) is 2.95. The van der Waals surface area contributed by atoms with Crippen LogP contribution < -0.4 is 5.32 Å². The molecule has 0 bridgehead atoms. The van der Waals surface area contributed by atoms with E-state index in [1.54, 1.807) is 11.8 Å².